The van der Waals surface area contributed by atoms with Gasteiger partial charge in [-0.15, -0.1) is 52.3 Å². The van der Waals surface area contributed by atoms with Crippen molar-refractivity contribution >= 4 is 33.0 Å². The fraction of sp³-hybridized carbons (Fsp3) is 0. The second-order valence-corrected chi connectivity index (χ2v) is 3.03. The largest absolute Gasteiger partial charge is 0.692 e. The minimum atomic E-state index is -2.87. The molecule has 0 saturated carbocycles. The average molecular weight is 352 g/mol. The van der Waals surface area contributed by atoms with E-state index in [1.165, 1.54) is 0 Å². The van der Waals surface area contributed by atoms with Crippen molar-refractivity contribution in [2.24, 2.45) is 0 Å². The molecule has 12 nitrogen and oxygen atoms in total. The molecule has 0 aliphatic heterocycles. The van der Waals surface area contributed by atoms with E-state index in [1.54, 1.807) is 0 Å². The Morgan fingerprint density at radius 2 is 0.444 bits per heavy atom. The highest BCUT2D eigenvalue weighted by Gasteiger charge is 1.94. The molecule has 0 unspecified atom stereocenters. The predicted molar refractivity (Wildman–Crippen MR) is 59.4 cm³/mol. The average Bonchev–Trinajstić information content (AvgIpc) is 2.01. The first kappa shape index (κ1) is 30.7. The monoisotopic (exact) mass is 352 g/mol. The maximum atomic E-state index is 8.70. The van der Waals surface area contributed by atoms with Crippen LogP contribution in [0.2, 0.25) is 0 Å². The maximum Gasteiger partial charge on any atom is 0.692 e. The van der Waals surface area contributed by atoms with Gasteiger partial charge in [-0.05, 0) is 0 Å². The summed E-state index contributed by atoms with van der Waals surface area (Å²) in [5, 5.41) is 0. The summed E-state index contributed by atoms with van der Waals surface area (Å²) < 4.78 is 34.8. The highest BCUT2D eigenvalue weighted by Crippen LogP contribution is 1.99. The van der Waals surface area contributed by atoms with Crippen LogP contribution in [0.5, 0.6) is 0 Å². The van der Waals surface area contributed by atoms with E-state index in [-0.39, 0.29) is 0 Å². The van der Waals surface area contributed by atoms with E-state index in [0.717, 1.165) is 0 Å². The molecule has 0 amide bonds. The van der Waals surface area contributed by atoms with Crippen LogP contribution < -0.4 is 0 Å². The van der Waals surface area contributed by atoms with Crippen molar-refractivity contribution in [2.45, 2.75) is 0 Å². The predicted octanol–water partition coefficient (Wildman–Crippen LogP) is -0.684. The molecule has 0 atom stereocenters. The Kier molecular flexibility index (Phi) is 51.3. The van der Waals surface area contributed by atoms with Gasteiger partial charge in [-0.2, -0.15) is 0 Å². The van der Waals surface area contributed by atoms with Crippen LogP contribution in [-0.2, 0) is 18.3 Å². The summed E-state index contributed by atoms with van der Waals surface area (Å²) in [6.45, 7) is 6.00. The van der Waals surface area contributed by atoms with E-state index in [9.17, 15) is 0 Å². The summed E-state index contributed by atoms with van der Waals surface area (Å²) in [5.74, 6) is 0. The zero-order valence-corrected chi connectivity index (χ0v) is 12.0. The van der Waals surface area contributed by atoms with Crippen molar-refractivity contribution in [3.63, 3.8) is 0 Å². The Hall–Kier alpha value is -0.180. The van der Waals surface area contributed by atoms with Crippen LogP contribution in [0.15, 0.2) is 13.2 Å². The molecule has 0 radical (unpaired) electrons. The van der Waals surface area contributed by atoms with Gasteiger partial charge in [0.25, 0.3) is 0 Å². The molecule has 0 fully saturated rings. The van der Waals surface area contributed by atoms with Gasteiger partial charge in [-0.25, -0.2) is 0 Å². The molecule has 0 rings (SSSR count). The first-order chi connectivity index (χ1) is 7.93. The maximum absolute atomic E-state index is 8.70. The molecule has 0 bridgehead atoms. The van der Waals surface area contributed by atoms with Crippen LogP contribution in [0, 0.1) is 0 Å². The summed E-state index contributed by atoms with van der Waals surface area (Å²) in [5.41, 5.74) is 0. The zero-order valence-electron chi connectivity index (χ0n) is 8.41. The smallest absolute Gasteiger partial charge is 0.134 e. The summed E-state index contributed by atoms with van der Waals surface area (Å²) in [6, 6.07) is 0. The Labute approximate surface area is 104 Å². The number of rotatable bonds is 0. The molecule has 8 N–H and O–H groups in total. The van der Waals surface area contributed by atoms with Gasteiger partial charge >= 0.3 is 33.0 Å². The lowest BCUT2D eigenvalue weighted by molar-refractivity contribution is 0.403. The van der Waals surface area contributed by atoms with Crippen LogP contribution in [0.25, 0.3) is 0 Å². The van der Waals surface area contributed by atoms with E-state index in [0.29, 0.717) is 0 Å². The SMILES string of the molecule is C=C.O=[P+](O)O.O=[P+](O)O.O=[P+](O)O.O=[P+](O)O. The van der Waals surface area contributed by atoms with E-state index < -0.39 is 33.0 Å². The van der Waals surface area contributed by atoms with Crippen molar-refractivity contribution < 1.29 is 57.4 Å². The van der Waals surface area contributed by atoms with Gasteiger partial charge in [0.1, 0.15) is 0 Å². The van der Waals surface area contributed by atoms with Crippen LogP contribution in [0.3, 0.4) is 0 Å². The van der Waals surface area contributed by atoms with Crippen LogP contribution >= 0.6 is 33.0 Å². The molecule has 0 aromatic carbocycles. The van der Waals surface area contributed by atoms with Crippen LogP contribution in [0.4, 0.5) is 0 Å². The van der Waals surface area contributed by atoms with E-state index in [2.05, 4.69) is 13.2 Å². The third-order valence-corrected chi connectivity index (χ3v) is 0. The summed E-state index contributed by atoms with van der Waals surface area (Å²) in [6.07, 6.45) is 0. The van der Waals surface area contributed by atoms with Crippen molar-refractivity contribution in [1.82, 2.24) is 0 Å². The third kappa shape index (κ3) is 107000. The molecule has 0 aliphatic rings. The van der Waals surface area contributed by atoms with Crippen molar-refractivity contribution in [1.29, 1.82) is 0 Å². The molecule has 0 heterocycles. The highest BCUT2D eigenvalue weighted by atomic mass is 31.1. The molecule has 16 heteroatoms. The minimum Gasteiger partial charge on any atom is -0.134 e. The molecule has 0 saturated heterocycles. The topological polar surface area (TPSA) is 230 Å². The minimum absolute atomic E-state index is 2.87. The lowest BCUT2D eigenvalue weighted by Gasteiger charge is -1.34. The normalized spacial score (nSPS) is 6.00. The molecular weight excluding hydrogens is 340 g/mol. The zero-order chi connectivity index (χ0) is 16.3. The summed E-state index contributed by atoms with van der Waals surface area (Å²) in [4.78, 5) is 57.0. The third-order valence-electron chi connectivity index (χ3n) is 0. The lowest BCUT2D eigenvalue weighted by atomic mass is 11.3. The van der Waals surface area contributed by atoms with Gasteiger partial charge in [0.05, 0.1) is 0 Å². The summed E-state index contributed by atoms with van der Waals surface area (Å²) >= 11 is 0. The molecule has 0 aromatic rings. The van der Waals surface area contributed by atoms with Crippen molar-refractivity contribution in [2.75, 3.05) is 0 Å². The van der Waals surface area contributed by atoms with Gasteiger partial charge in [0.15, 0.2) is 0 Å². The van der Waals surface area contributed by atoms with Gasteiger partial charge in [0.2, 0.25) is 0 Å². The molecular formula is C2H12O12P4+4. The van der Waals surface area contributed by atoms with Gasteiger partial charge < -0.3 is 0 Å². The number of hydrogen-bond donors (Lipinski definition) is 8. The lowest BCUT2D eigenvalue weighted by Crippen LogP contribution is -1.38. The summed E-state index contributed by atoms with van der Waals surface area (Å²) in [7, 11) is -11.5. The van der Waals surface area contributed by atoms with Crippen molar-refractivity contribution in [3.05, 3.63) is 13.2 Å². The van der Waals surface area contributed by atoms with Gasteiger partial charge in [0, 0.05) is 18.3 Å². The highest BCUT2D eigenvalue weighted by molar-refractivity contribution is 7.31. The second kappa shape index (κ2) is 30.1. The van der Waals surface area contributed by atoms with E-state index in [1.807, 2.05) is 0 Å². The Bertz CT molecular complexity index is 174. The Morgan fingerprint density at radius 3 is 0.444 bits per heavy atom. The fourth-order valence-electron chi connectivity index (χ4n) is 0. The fourth-order valence-corrected chi connectivity index (χ4v) is 0. The molecule has 0 aliphatic carbocycles. The number of hydrogen-bond acceptors (Lipinski definition) is 4. The Morgan fingerprint density at radius 1 is 0.444 bits per heavy atom. The van der Waals surface area contributed by atoms with Crippen LogP contribution in [0.1, 0.15) is 0 Å². The second-order valence-electron chi connectivity index (χ2n) is 1.01. The van der Waals surface area contributed by atoms with Gasteiger partial charge in [-0.1, -0.05) is 0 Å². The molecule has 108 valence electrons. The van der Waals surface area contributed by atoms with E-state index >= 15 is 0 Å². The standard InChI is InChI=1S/C2H4.4HO3P/c1-2;4*1-4(2)3/h1-2H2;4*(H-,1,2,3)/p+4. The van der Waals surface area contributed by atoms with Gasteiger partial charge in [-0.3, -0.25) is 0 Å². The van der Waals surface area contributed by atoms with Crippen molar-refractivity contribution in [3.8, 4) is 0 Å². The van der Waals surface area contributed by atoms with Crippen LogP contribution in [-0.4, -0.2) is 39.1 Å². The van der Waals surface area contributed by atoms with E-state index in [4.69, 9.17) is 57.4 Å². The molecule has 0 aromatic heterocycles. The first-order valence-corrected chi connectivity index (χ1v) is 7.49. The quantitative estimate of drug-likeness (QED) is 0.200. The molecule has 0 spiro atoms. The molecule has 18 heavy (non-hydrogen) atoms. The Balaban J connectivity index is -0.0000000399. The first-order valence-electron chi connectivity index (χ1n) is 2.83.